The van der Waals surface area contributed by atoms with E-state index in [1.165, 1.54) is 7.11 Å². The summed E-state index contributed by atoms with van der Waals surface area (Å²) < 4.78 is 4.76. The van der Waals surface area contributed by atoms with Gasteiger partial charge in [-0.05, 0) is 6.92 Å². The summed E-state index contributed by atoms with van der Waals surface area (Å²) in [6.07, 6.45) is 0.182. The molecule has 0 aliphatic carbocycles. The van der Waals surface area contributed by atoms with E-state index in [9.17, 15) is 9.59 Å². The number of hydrogen-bond acceptors (Lipinski definition) is 5. The molecule has 94 valence electrons. The second-order valence-corrected chi connectivity index (χ2v) is 3.39. The van der Waals surface area contributed by atoms with Crippen molar-refractivity contribution in [1.29, 1.82) is 0 Å². The molecule has 8 nitrogen and oxygen atoms in total. The molecular formula is C9H14N4O4. The molecule has 0 saturated heterocycles. The number of rotatable bonds is 6. The van der Waals surface area contributed by atoms with Gasteiger partial charge in [-0.1, -0.05) is 0 Å². The largest absolute Gasteiger partial charge is 0.480 e. The van der Waals surface area contributed by atoms with E-state index in [2.05, 4.69) is 20.5 Å². The molecule has 1 aromatic rings. The van der Waals surface area contributed by atoms with Crippen LogP contribution in [-0.2, 0) is 9.53 Å². The predicted molar refractivity (Wildman–Crippen MR) is 56.5 cm³/mol. The fourth-order valence-electron chi connectivity index (χ4n) is 1.16. The van der Waals surface area contributed by atoms with Crippen molar-refractivity contribution >= 4 is 11.9 Å². The number of methoxy groups -OCH3 is 1. The summed E-state index contributed by atoms with van der Waals surface area (Å²) in [5, 5.41) is 17.3. The second-order valence-electron chi connectivity index (χ2n) is 3.39. The smallest absolute Gasteiger partial charge is 0.326 e. The lowest BCUT2D eigenvalue weighted by atomic mass is 10.2. The maximum atomic E-state index is 11.6. The fraction of sp³-hybridized carbons (Fsp3) is 0.556. The minimum Gasteiger partial charge on any atom is -0.480 e. The van der Waals surface area contributed by atoms with Crippen molar-refractivity contribution in [1.82, 2.24) is 20.5 Å². The number of nitrogens with one attached hydrogen (secondary N) is 2. The molecule has 1 rings (SSSR count). The van der Waals surface area contributed by atoms with Gasteiger partial charge in [-0.3, -0.25) is 9.89 Å². The Morgan fingerprint density at radius 3 is 2.76 bits per heavy atom. The van der Waals surface area contributed by atoms with Crippen LogP contribution >= 0.6 is 0 Å². The van der Waals surface area contributed by atoms with Crippen LogP contribution in [0.5, 0.6) is 0 Å². The number of aromatic nitrogens is 3. The Bertz CT molecular complexity index is 403. The number of aliphatic carboxylic acids is 1. The lowest BCUT2D eigenvalue weighted by Crippen LogP contribution is -2.41. The molecular weight excluding hydrogens is 228 g/mol. The van der Waals surface area contributed by atoms with E-state index in [0.717, 1.165) is 0 Å². The van der Waals surface area contributed by atoms with Crippen molar-refractivity contribution in [2.45, 2.75) is 19.4 Å². The van der Waals surface area contributed by atoms with Crippen molar-refractivity contribution < 1.29 is 19.4 Å². The summed E-state index contributed by atoms with van der Waals surface area (Å²) in [6, 6.07) is -1.01. The topological polar surface area (TPSA) is 117 Å². The third-order valence-electron chi connectivity index (χ3n) is 2.01. The Kier molecular flexibility index (Phi) is 4.58. The molecule has 1 amide bonds. The Labute approximate surface area is 97.4 Å². The number of H-pyrrole nitrogens is 1. The highest BCUT2D eigenvalue weighted by atomic mass is 16.5. The summed E-state index contributed by atoms with van der Waals surface area (Å²) in [5.41, 5.74) is 0. The molecule has 0 aromatic carbocycles. The van der Waals surface area contributed by atoms with E-state index >= 15 is 0 Å². The lowest BCUT2D eigenvalue weighted by molar-refractivity contribution is -0.139. The molecule has 0 aliphatic rings. The molecule has 0 spiro atoms. The molecule has 0 saturated carbocycles. The Hall–Kier alpha value is -1.96. The standard InChI is InChI=1S/C9H14N4O4/c1-5-10-7(13-12-5)8(14)11-6(9(15)16)3-4-17-2/h6H,3-4H2,1-2H3,(H,11,14)(H,15,16)(H,10,12,13). The quantitative estimate of drug-likeness (QED) is 0.609. The Morgan fingerprint density at radius 1 is 1.59 bits per heavy atom. The molecule has 17 heavy (non-hydrogen) atoms. The minimum absolute atomic E-state index is 0.0776. The van der Waals surface area contributed by atoms with Crippen LogP contribution in [0, 0.1) is 6.92 Å². The molecule has 8 heteroatoms. The average molecular weight is 242 g/mol. The second kappa shape index (κ2) is 5.94. The van der Waals surface area contributed by atoms with Gasteiger partial charge < -0.3 is 15.2 Å². The predicted octanol–water partition coefficient (Wildman–Crippen LogP) is -0.667. The summed E-state index contributed by atoms with van der Waals surface area (Å²) in [7, 11) is 1.46. The number of aromatic amines is 1. The zero-order valence-corrected chi connectivity index (χ0v) is 9.56. The molecule has 0 fully saturated rings. The van der Waals surface area contributed by atoms with E-state index < -0.39 is 17.9 Å². The highest BCUT2D eigenvalue weighted by molar-refractivity contribution is 5.93. The van der Waals surface area contributed by atoms with Gasteiger partial charge in [0.15, 0.2) is 0 Å². The van der Waals surface area contributed by atoms with Gasteiger partial charge in [0, 0.05) is 20.1 Å². The van der Waals surface area contributed by atoms with Crippen molar-refractivity contribution in [2.24, 2.45) is 0 Å². The van der Waals surface area contributed by atoms with Gasteiger partial charge in [0.25, 0.3) is 5.91 Å². The molecule has 0 bridgehead atoms. The van der Waals surface area contributed by atoms with E-state index in [1.54, 1.807) is 6.92 Å². The van der Waals surface area contributed by atoms with Crippen LogP contribution in [0.1, 0.15) is 22.9 Å². The molecule has 3 N–H and O–H groups in total. The number of aryl methyl sites for hydroxylation is 1. The van der Waals surface area contributed by atoms with Gasteiger partial charge in [0.2, 0.25) is 5.82 Å². The maximum absolute atomic E-state index is 11.6. The number of carbonyl (C=O) groups excluding carboxylic acids is 1. The SMILES string of the molecule is COCCC(NC(=O)c1n[nH]c(C)n1)C(=O)O. The molecule has 0 aliphatic heterocycles. The van der Waals surface area contributed by atoms with Gasteiger partial charge in [-0.2, -0.15) is 0 Å². The lowest BCUT2D eigenvalue weighted by Gasteiger charge is -2.12. The van der Waals surface area contributed by atoms with Crippen molar-refractivity contribution in [3.63, 3.8) is 0 Å². The van der Waals surface area contributed by atoms with Crippen molar-refractivity contribution in [3.05, 3.63) is 11.6 Å². The van der Waals surface area contributed by atoms with Gasteiger partial charge in [0.1, 0.15) is 11.9 Å². The number of ether oxygens (including phenoxy) is 1. The first-order valence-electron chi connectivity index (χ1n) is 4.96. The van der Waals surface area contributed by atoms with E-state index in [1.807, 2.05) is 0 Å². The van der Waals surface area contributed by atoms with Crippen LogP contribution in [0.3, 0.4) is 0 Å². The molecule has 0 radical (unpaired) electrons. The first-order chi connectivity index (χ1) is 8.04. The maximum Gasteiger partial charge on any atom is 0.326 e. The monoisotopic (exact) mass is 242 g/mol. The fourth-order valence-corrected chi connectivity index (χ4v) is 1.16. The highest BCUT2D eigenvalue weighted by Gasteiger charge is 2.22. The zero-order valence-electron chi connectivity index (χ0n) is 9.56. The molecule has 1 aromatic heterocycles. The summed E-state index contributed by atoms with van der Waals surface area (Å²) in [5.74, 6) is -1.34. The third kappa shape index (κ3) is 3.83. The Morgan fingerprint density at radius 2 is 2.29 bits per heavy atom. The van der Waals surface area contributed by atoms with Crippen LogP contribution < -0.4 is 5.32 Å². The average Bonchev–Trinajstić information content (AvgIpc) is 2.70. The van der Waals surface area contributed by atoms with Crippen LogP contribution in [0.15, 0.2) is 0 Å². The first-order valence-corrected chi connectivity index (χ1v) is 4.96. The van der Waals surface area contributed by atoms with Crippen LogP contribution in [0.2, 0.25) is 0 Å². The van der Waals surface area contributed by atoms with Crippen LogP contribution in [-0.4, -0.2) is 51.9 Å². The van der Waals surface area contributed by atoms with Gasteiger partial charge in [-0.15, -0.1) is 5.10 Å². The number of hydrogen-bond donors (Lipinski definition) is 3. The summed E-state index contributed by atoms with van der Waals surface area (Å²) >= 11 is 0. The van der Waals surface area contributed by atoms with Crippen LogP contribution in [0.25, 0.3) is 0 Å². The van der Waals surface area contributed by atoms with Gasteiger partial charge >= 0.3 is 5.97 Å². The molecule has 1 atom stereocenters. The van der Waals surface area contributed by atoms with Crippen molar-refractivity contribution in [2.75, 3.05) is 13.7 Å². The van der Waals surface area contributed by atoms with Crippen molar-refractivity contribution in [3.8, 4) is 0 Å². The summed E-state index contributed by atoms with van der Waals surface area (Å²) in [6.45, 7) is 1.88. The van der Waals surface area contributed by atoms with E-state index in [-0.39, 0.29) is 18.9 Å². The number of carbonyl (C=O) groups is 2. The Balaban J connectivity index is 2.60. The van der Waals surface area contributed by atoms with E-state index in [4.69, 9.17) is 9.84 Å². The normalized spacial score (nSPS) is 12.1. The summed E-state index contributed by atoms with van der Waals surface area (Å²) in [4.78, 5) is 26.2. The van der Waals surface area contributed by atoms with E-state index in [0.29, 0.717) is 5.82 Å². The number of amides is 1. The molecule has 1 unspecified atom stereocenters. The number of nitrogens with zero attached hydrogens (tertiary/aromatic N) is 2. The molecule has 1 heterocycles. The first kappa shape index (κ1) is 13.1. The van der Waals surface area contributed by atoms with Gasteiger partial charge in [-0.25, -0.2) is 9.78 Å². The zero-order chi connectivity index (χ0) is 12.8. The third-order valence-corrected chi connectivity index (χ3v) is 2.01. The highest BCUT2D eigenvalue weighted by Crippen LogP contribution is 1.97. The number of carboxylic acids is 1. The van der Waals surface area contributed by atoms with Gasteiger partial charge in [0.05, 0.1) is 0 Å². The minimum atomic E-state index is -1.12. The van der Waals surface area contributed by atoms with Crippen LogP contribution in [0.4, 0.5) is 0 Å². The number of carboxylic acid groups (broad SMARTS) is 1.